The van der Waals surface area contributed by atoms with E-state index in [2.05, 4.69) is 5.32 Å². The SMILES string of the molecule is Cc1ccc(C(=O)NC2(CO)CCC2)s1. The third-order valence-electron chi connectivity index (χ3n) is 2.96. The van der Waals surface area contributed by atoms with Crippen LogP contribution in [0.2, 0.25) is 0 Å². The van der Waals surface area contributed by atoms with Gasteiger partial charge in [0.2, 0.25) is 0 Å². The van der Waals surface area contributed by atoms with Gasteiger partial charge in [-0.15, -0.1) is 11.3 Å². The summed E-state index contributed by atoms with van der Waals surface area (Å²) in [4.78, 5) is 13.7. The molecule has 0 aromatic carbocycles. The molecule has 1 heterocycles. The fraction of sp³-hybridized carbons (Fsp3) is 0.545. The van der Waals surface area contributed by atoms with Gasteiger partial charge in [0.05, 0.1) is 17.0 Å². The standard InChI is InChI=1S/C11H15NO2S/c1-8-3-4-9(15-8)10(14)12-11(7-13)5-2-6-11/h3-4,13H,2,5-7H2,1H3,(H,12,14). The number of rotatable bonds is 3. The molecule has 0 unspecified atom stereocenters. The van der Waals surface area contributed by atoms with Gasteiger partial charge in [-0.3, -0.25) is 4.79 Å². The minimum absolute atomic E-state index is 0.0447. The molecule has 4 heteroatoms. The van der Waals surface area contributed by atoms with E-state index >= 15 is 0 Å². The molecule has 1 saturated carbocycles. The molecule has 1 fully saturated rings. The fourth-order valence-electron chi connectivity index (χ4n) is 1.79. The van der Waals surface area contributed by atoms with Crippen LogP contribution in [0.15, 0.2) is 12.1 Å². The second-order valence-corrected chi connectivity index (χ2v) is 5.44. The molecule has 1 aromatic rings. The second-order valence-electron chi connectivity index (χ2n) is 4.16. The quantitative estimate of drug-likeness (QED) is 0.822. The molecule has 0 saturated heterocycles. The van der Waals surface area contributed by atoms with Crippen molar-refractivity contribution in [3.8, 4) is 0 Å². The molecule has 1 aromatic heterocycles. The normalized spacial score (nSPS) is 18.3. The van der Waals surface area contributed by atoms with Crippen molar-refractivity contribution in [2.24, 2.45) is 0 Å². The van der Waals surface area contributed by atoms with E-state index in [1.165, 1.54) is 11.3 Å². The molecule has 2 rings (SSSR count). The van der Waals surface area contributed by atoms with Crippen LogP contribution in [0.4, 0.5) is 0 Å². The zero-order valence-corrected chi connectivity index (χ0v) is 9.56. The van der Waals surface area contributed by atoms with Gasteiger partial charge >= 0.3 is 0 Å². The van der Waals surface area contributed by atoms with Crippen molar-refractivity contribution < 1.29 is 9.90 Å². The van der Waals surface area contributed by atoms with Crippen LogP contribution in [0.1, 0.15) is 33.8 Å². The van der Waals surface area contributed by atoms with Gasteiger partial charge in [-0.1, -0.05) is 0 Å². The van der Waals surface area contributed by atoms with E-state index in [4.69, 9.17) is 0 Å². The van der Waals surface area contributed by atoms with Gasteiger partial charge < -0.3 is 10.4 Å². The lowest BCUT2D eigenvalue weighted by atomic mass is 9.77. The van der Waals surface area contributed by atoms with E-state index in [9.17, 15) is 9.90 Å². The number of aliphatic hydroxyl groups is 1. The minimum Gasteiger partial charge on any atom is -0.394 e. The highest BCUT2D eigenvalue weighted by atomic mass is 32.1. The van der Waals surface area contributed by atoms with Gasteiger partial charge in [0, 0.05) is 4.88 Å². The summed E-state index contributed by atoms with van der Waals surface area (Å²) in [7, 11) is 0. The van der Waals surface area contributed by atoms with Gasteiger partial charge in [0.1, 0.15) is 0 Å². The lowest BCUT2D eigenvalue weighted by Gasteiger charge is -2.40. The maximum Gasteiger partial charge on any atom is 0.261 e. The van der Waals surface area contributed by atoms with Gasteiger partial charge in [-0.25, -0.2) is 0 Å². The smallest absolute Gasteiger partial charge is 0.261 e. The molecule has 0 aliphatic heterocycles. The summed E-state index contributed by atoms with van der Waals surface area (Å²) < 4.78 is 0. The van der Waals surface area contributed by atoms with Crippen LogP contribution in [0, 0.1) is 6.92 Å². The third kappa shape index (κ3) is 2.06. The van der Waals surface area contributed by atoms with Crippen molar-refractivity contribution in [2.75, 3.05) is 6.61 Å². The van der Waals surface area contributed by atoms with E-state index in [1.54, 1.807) is 0 Å². The number of nitrogens with one attached hydrogen (secondary N) is 1. The molecule has 0 spiro atoms. The summed E-state index contributed by atoms with van der Waals surface area (Å²) in [6.07, 6.45) is 2.86. The Labute approximate surface area is 93.1 Å². The number of aryl methyl sites for hydroxylation is 1. The Morgan fingerprint density at radius 2 is 2.33 bits per heavy atom. The van der Waals surface area contributed by atoms with Gasteiger partial charge in [0.25, 0.3) is 5.91 Å². The van der Waals surface area contributed by atoms with Gasteiger partial charge in [-0.2, -0.15) is 0 Å². The molecule has 0 atom stereocenters. The van der Waals surface area contributed by atoms with E-state index < -0.39 is 0 Å². The average molecular weight is 225 g/mol. The highest BCUT2D eigenvalue weighted by Crippen LogP contribution is 2.31. The Kier molecular flexibility index (Phi) is 2.80. The molecule has 2 N–H and O–H groups in total. The summed E-state index contributed by atoms with van der Waals surface area (Å²) in [5.41, 5.74) is -0.338. The van der Waals surface area contributed by atoms with Crippen LogP contribution >= 0.6 is 11.3 Å². The first-order chi connectivity index (χ1) is 7.15. The first-order valence-electron chi connectivity index (χ1n) is 5.15. The Hall–Kier alpha value is -0.870. The van der Waals surface area contributed by atoms with Crippen LogP contribution in [0.25, 0.3) is 0 Å². The van der Waals surface area contributed by atoms with E-state index in [0.29, 0.717) is 0 Å². The van der Waals surface area contributed by atoms with Crippen LogP contribution in [-0.2, 0) is 0 Å². The first-order valence-corrected chi connectivity index (χ1v) is 5.97. The van der Waals surface area contributed by atoms with Crippen LogP contribution < -0.4 is 5.32 Å². The number of hydrogen-bond donors (Lipinski definition) is 2. The summed E-state index contributed by atoms with van der Waals surface area (Å²) >= 11 is 1.49. The highest BCUT2D eigenvalue weighted by molar-refractivity contribution is 7.13. The maximum absolute atomic E-state index is 11.8. The number of carbonyl (C=O) groups is 1. The van der Waals surface area contributed by atoms with Crippen molar-refractivity contribution in [2.45, 2.75) is 31.7 Å². The Bertz CT molecular complexity index is 363. The number of hydrogen-bond acceptors (Lipinski definition) is 3. The number of amides is 1. The summed E-state index contributed by atoms with van der Waals surface area (Å²) in [5, 5.41) is 12.2. The topological polar surface area (TPSA) is 49.3 Å². The summed E-state index contributed by atoms with van der Waals surface area (Å²) in [6, 6.07) is 3.77. The molecule has 15 heavy (non-hydrogen) atoms. The predicted molar refractivity (Wildman–Crippen MR) is 60.2 cm³/mol. The molecule has 1 amide bonds. The highest BCUT2D eigenvalue weighted by Gasteiger charge is 2.37. The monoisotopic (exact) mass is 225 g/mol. The van der Waals surface area contributed by atoms with Crippen molar-refractivity contribution in [3.63, 3.8) is 0 Å². The fourth-order valence-corrected chi connectivity index (χ4v) is 2.55. The first kappa shape index (κ1) is 10.6. The average Bonchev–Trinajstić information content (AvgIpc) is 2.58. The molecule has 3 nitrogen and oxygen atoms in total. The molecule has 0 radical (unpaired) electrons. The van der Waals surface area contributed by atoms with Crippen LogP contribution in [-0.4, -0.2) is 23.2 Å². The predicted octanol–water partition coefficient (Wildman–Crippen LogP) is 1.70. The number of thiophene rings is 1. The van der Waals surface area contributed by atoms with E-state index in [0.717, 1.165) is 29.0 Å². The van der Waals surface area contributed by atoms with Gasteiger partial charge in [-0.05, 0) is 38.3 Å². The summed E-state index contributed by atoms with van der Waals surface area (Å²) in [5.74, 6) is -0.0538. The Balaban J connectivity index is 2.03. The Morgan fingerprint density at radius 1 is 1.60 bits per heavy atom. The van der Waals surface area contributed by atoms with Crippen molar-refractivity contribution in [3.05, 3.63) is 21.9 Å². The second kappa shape index (κ2) is 3.94. The van der Waals surface area contributed by atoms with Crippen LogP contribution in [0.3, 0.4) is 0 Å². The molecule has 0 bridgehead atoms. The molecular weight excluding hydrogens is 210 g/mol. The van der Waals surface area contributed by atoms with E-state index in [1.807, 2.05) is 19.1 Å². The lowest BCUT2D eigenvalue weighted by molar-refractivity contribution is 0.0645. The largest absolute Gasteiger partial charge is 0.394 e. The van der Waals surface area contributed by atoms with Crippen LogP contribution in [0.5, 0.6) is 0 Å². The molecule has 1 aliphatic carbocycles. The van der Waals surface area contributed by atoms with E-state index in [-0.39, 0.29) is 18.1 Å². The number of carbonyl (C=O) groups excluding carboxylic acids is 1. The Morgan fingerprint density at radius 3 is 2.73 bits per heavy atom. The molecular formula is C11H15NO2S. The third-order valence-corrected chi connectivity index (χ3v) is 3.96. The lowest BCUT2D eigenvalue weighted by Crippen LogP contribution is -2.56. The van der Waals surface area contributed by atoms with Gasteiger partial charge in [0.15, 0.2) is 0 Å². The minimum atomic E-state index is -0.338. The van der Waals surface area contributed by atoms with Crippen molar-refractivity contribution >= 4 is 17.2 Å². The maximum atomic E-state index is 11.8. The van der Waals surface area contributed by atoms with Crippen molar-refractivity contribution in [1.82, 2.24) is 5.32 Å². The zero-order chi connectivity index (χ0) is 10.9. The van der Waals surface area contributed by atoms with Crippen molar-refractivity contribution in [1.29, 1.82) is 0 Å². The summed E-state index contributed by atoms with van der Waals surface area (Å²) in [6.45, 7) is 2.02. The number of aliphatic hydroxyl groups excluding tert-OH is 1. The molecule has 82 valence electrons. The molecule has 1 aliphatic rings. The zero-order valence-electron chi connectivity index (χ0n) is 8.75.